The maximum atomic E-state index is 11.1. The predicted molar refractivity (Wildman–Crippen MR) is 133 cm³/mol. The van der Waals surface area contributed by atoms with E-state index in [0.29, 0.717) is 117 Å². The second kappa shape index (κ2) is 22.9. The summed E-state index contributed by atoms with van der Waals surface area (Å²) in [5.74, 6) is 0. The molecule has 1 aromatic carbocycles. The SMILES string of the molecule is NCCOCCOCCOCCOCCOCCOCCOCCCc1ccc([N+](=O)[O-])cc1[N+](=O)[O-]. The third-order valence-electron chi connectivity index (χ3n) is 4.71. The number of nitrogens with zero attached hydrogens (tertiary/aromatic N) is 2. The van der Waals surface area contributed by atoms with Crippen LogP contribution in [0.2, 0.25) is 0 Å². The van der Waals surface area contributed by atoms with Crippen molar-refractivity contribution in [1.29, 1.82) is 0 Å². The van der Waals surface area contributed by atoms with Crippen molar-refractivity contribution >= 4 is 11.4 Å². The van der Waals surface area contributed by atoms with Gasteiger partial charge >= 0.3 is 0 Å². The van der Waals surface area contributed by atoms with E-state index in [1.165, 1.54) is 12.1 Å². The van der Waals surface area contributed by atoms with Gasteiger partial charge in [0.2, 0.25) is 0 Å². The Morgan fingerprint density at radius 3 is 1.38 bits per heavy atom. The molecule has 0 fully saturated rings. The van der Waals surface area contributed by atoms with Crippen molar-refractivity contribution in [3.63, 3.8) is 0 Å². The van der Waals surface area contributed by atoms with Gasteiger partial charge in [-0.15, -0.1) is 0 Å². The van der Waals surface area contributed by atoms with Crippen LogP contribution in [-0.4, -0.2) is 109 Å². The van der Waals surface area contributed by atoms with E-state index in [0.717, 1.165) is 6.07 Å². The second-order valence-electron chi connectivity index (χ2n) is 7.51. The Morgan fingerprint density at radius 1 is 0.595 bits per heavy atom. The molecule has 0 atom stereocenters. The highest BCUT2D eigenvalue weighted by Gasteiger charge is 2.18. The zero-order chi connectivity index (χ0) is 27.0. The van der Waals surface area contributed by atoms with E-state index >= 15 is 0 Å². The molecule has 0 bridgehead atoms. The van der Waals surface area contributed by atoms with Gasteiger partial charge < -0.3 is 38.9 Å². The summed E-state index contributed by atoms with van der Waals surface area (Å²) < 4.78 is 37.6. The van der Waals surface area contributed by atoms with Gasteiger partial charge in [0.15, 0.2) is 0 Å². The standard InChI is InChI=1S/C23H39N3O11/c24-5-7-32-9-11-34-13-15-36-17-19-37-18-16-35-14-12-33-10-8-31-6-1-2-21-3-4-22(25(27)28)20-23(21)26(29)30/h3-4,20H,1-2,5-19,24H2. The average Bonchev–Trinajstić information content (AvgIpc) is 2.89. The van der Waals surface area contributed by atoms with E-state index < -0.39 is 9.85 Å². The predicted octanol–water partition coefficient (Wildman–Crippen LogP) is 1.51. The molecule has 0 saturated carbocycles. The Bertz CT molecular complexity index is 740. The smallest absolute Gasteiger partial charge is 0.279 e. The fraction of sp³-hybridized carbons (Fsp3) is 0.739. The summed E-state index contributed by atoms with van der Waals surface area (Å²) in [4.78, 5) is 20.6. The van der Waals surface area contributed by atoms with Gasteiger partial charge in [-0.2, -0.15) is 0 Å². The summed E-state index contributed by atoms with van der Waals surface area (Å²) in [7, 11) is 0. The van der Waals surface area contributed by atoms with Crippen molar-refractivity contribution in [3.8, 4) is 0 Å². The first-order valence-electron chi connectivity index (χ1n) is 12.2. The van der Waals surface area contributed by atoms with Crippen LogP contribution in [0.5, 0.6) is 0 Å². The molecule has 0 amide bonds. The molecule has 37 heavy (non-hydrogen) atoms. The number of nitro benzene ring substituents is 2. The fourth-order valence-electron chi connectivity index (χ4n) is 2.92. The molecule has 0 aliphatic carbocycles. The monoisotopic (exact) mass is 533 g/mol. The molecule has 0 aliphatic rings. The largest absolute Gasteiger partial charge is 0.379 e. The van der Waals surface area contributed by atoms with Crippen LogP contribution in [0.1, 0.15) is 12.0 Å². The minimum Gasteiger partial charge on any atom is -0.379 e. The molecule has 0 spiro atoms. The molecule has 0 aliphatic heterocycles. The van der Waals surface area contributed by atoms with Gasteiger partial charge in [-0.3, -0.25) is 20.2 Å². The third-order valence-corrected chi connectivity index (χ3v) is 4.71. The number of nitro groups is 2. The highest BCUT2D eigenvalue weighted by Crippen LogP contribution is 2.25. The van der Waals surface area contributed by atoms with E-state index in [4.69, 9.17) is 38.9 Å². The van der Waals surface area contributed by atoms with Gasteiger partial charge in [0, 0.05) is 24.8 Å². The van der Waals surface area contributed by atoms with Crippen LogP contribution >= 0.6 is 0 Å². The zero-order valence-electron chi connectivity index (χ0n) is 21.2. The number of hydrogen-bond acceptors (Lipinski definition) is 12. The number of nitrogens with two attached hydrogens (primary N) is 1. The lowest BCUT2D eigenvalue weighted by Crippen LogP contribution is -2.15. The molecule has 0 heterocycles. The van der Waals surface area contributed by atoms with Crippen LogP contribution in [0.25, 0.3) is 0 Å². The molecule has 0 saturated heterocycles. The van der Waals surface area contributed by atoms with Crippen molar-refractivity contribution in [2.75, 3.05) is 99.0 Å². The second-order valence-corrected chi connectivity index (χ2v) is 7.51. The van der Waals surface area contributed by atoms with Crippen LogP contribution in [-0.2, 0) is 39.6 Å². The van der Waals surface area contributed by atoms with E-state index in [-0.39, 0.29) is 11.4 Å². The quantitative estimate of drug-likeness (QED) is 0.103. The maximum Gasteiger partial charge on any atom is 0.279 e. The summed E-state index contributed by atoms with van der Waals surface area (Å²) in [6.45, 7) is 7.06. The number of aryl methyl sites for hydroxylation is 1. The Kier molecular flexibility index (Phi) is 20.2. The molecule has 1 aromatic rings. The van der Waals surface area contributed by atoms with E-state index in [1.54, 1.807) is 0 Å². The summed E-state index contributed by atoms with van der Waals surface area (Å²) in [6.07, 6.45) is 0.934. The number of benzene rings is 1. The first-order valence-corrected chi connectivity index (χ1v) is 12.2. The van der Waals surface area contributed by atoms with Crippen LogP contribution in [0.15, 0.2) is 18.2 Å². The first kappa shape index (κ1) is 32.7. The van der Waals surface area contributed by atoms with Crippen molar-refractivity contribution in [3.05, 3.63) is 44.0 Å². The summed E-state index contributed by atoms with van der Waals surface area (Å²) in [6, 6.07) is 3.66. The van der Waals surface area contributed by atoms with Gasteiger partial charge in [-0.1, -0.05) is 0 Å². The Morgan fingerprint density at radius 2 is 1.00 bits per heavy atom. The topological polar surface area (TPSA) is 177 Å². The van der Waals surface area contributed by atoms with Crippen molar-refractivity contribution < 1.29 is 43.0 Å². The van der Waals surface area contributed by atoms with E-state index in [2.05, 4.69) is 0 Å². The lowest BCUT2D eigenvalue weighted by molar-refractivity contribution is -0.394. The number of hydrogen-bond donors (Lipinski definition) is 1. The Hall–Kier alpha value is -2.30. The molecule has 212 valence electrons. The Balaban J connectivity index is 1.84. The minimum absolute atomic E-state index is 0.251. The van der Waals surface area contributed by atoms with Gasteiger partial charge in [0.1, 0.15) is 0 Å². The lowest BCUT2D eigenvalue weighted by Gasteiger charge is -2.08. The molecule has 2 N–H and O–H groups in total. The molecule has 0 unspecified atom stereocenters. The third kappa shape index (κ3) is 17.7. The maximum absolute atomic E-state index is 11.1. The van der Waals surface area contributed by atoms with E-state index in [1.807, 2.05) is 0 Å². The normalized spacial score (nSPS) is 11.2. The molecule has 1 rings (SSSR count). The molecule has 0 radical (unpaired) electrons. The molecule has 14 nitrogen and oxygen atoms in total. The van der Waals surface area contributed by atoms with Crippen LogP contribution in [0.3, 0.4) is 0 Å². The Labute approximate surface area is 216 Å². The van der Waals surface area contributed by atoms with Gasteiger partial charge in [0.05, 0.1) is 102 Å². The number of ether oxygens (including phenoxy) is 7. The van der Waals surface area contributed by atoms with Crippen LogP contribution < -0.4 is 5.73 Å². The average molecular weight is 534 g/mol. The van der Waals surface area contributed by atoms with Gasteiger partial charge in [0.25, 0.3) is 11.4 Å². The summed E-state index contributed by atoms with van der Waals surface area (Å²) in [5.41, 5.74) is 5.19. The zero-order valence-corrected chi connectivity index (χ0v) is 21.2. The van der Waals surface area contributed by atoms with E-state index in [9.17, 15) is 20.2 Å². The number of non-ortho nitro benzene ring substituents is 1. The van der Waals surface area contributed by atoms with Crippen molar-refractivity contribution in [2.24, 2.45) is 5.73 Å². The molecule has 0 aromatic heterocycles. The summed E-state index contributed by atoms with van der Waals surface area (Å²) in [5, 5.41) is 21.9. The molecule has 14 heteroatoms. The van der Waals surface area contributed by atoms with Gasteiger partial charge in [-0.05, 0) is 18.9 Å². The highest BCUT2D eigenvalue weighted by atomic mass is 16.6. The highest BCUT2D eigenvalue weighted by molar-refractivity contribution is 5.49. The van der Waals surface area contributed by atoms with Crippen LogP contribution in [0, 0.1) is 20.2 Å². The van der Waals surface area contributed by atoms with Crippen molar-refractivity contribution in [2.45, 2.75) is 12.8 Å². The first-order chi connectivity index (χ1) is 18.1. The molecular formula is C23H39N3O11. The fourth-order valence-corrected chi connectivity index (χ4v) is 2.92. The number of rotatable bonds is 26. The lowest BCUT2D eigenvalue weighted by atomic mass is 10.1. The molecular weight excluding hydrogens is 494 g/mol. The summed E-state index contributed by atoms with van der Waals surface area (Å²) >= 11 is 0. The minimum atomic E-state index is -0.653. The van der Waals surface area contributed by atoms with Crippen molar-refractivity contribution in [1.82, 2.24) is 0 Å². The van der Waals surface area contributed by atoms with Gasteiger partial charge in [-0.25, -0.2) is 0 Å². The van der Waals surface area contributed by atoms with Crippen LogP contribution in [0.4, 0.5) is 11.4 Å².